The topological polar surface area (TPSA) is 20.2 Å². The van der Waals surface area contributed by atoms with Crippen molar-refractivity contribution in [1.82, 2.24) is 0 Å². The van der Waals surface area contributed by atoms with Crippen LogP contribution in [0.15, 0.2) is 22.7 Å². The highest BCUT2D eigenvalue weighted by Crippen LogP contribution is 2.33. The Hall–Kier alpha value is -0.620. The Morgan fingerprint density at radius 2 is 1.93 bits per heavy atom. The van der Waals surface area contributed by atoms with Gasteiger partial charge in [0.2, 0.25) is 0 Å². The zero-order chi connectivity index (χ0) is 11.6. The van der Waals surface area contributed by atoms with E-state index in [0.29, 0.717) is 0 Å². The zero-order valence-electron chi connectivity index (χ0n) is 7.35. The van der Waals surface area contributed by atoms with E-state index in [1.165, 1.54) is 0 Å². The monoisotopic (exact) mass is 286 g/mol. The van der Waals surface area contributed by atoms with Crippen LogP contribution in [0.25, 0.3) is 0 Å². The number of benzene rings is 1. The third-order valence-corrected chi connectivity index (χ3v) is 2.55. The molecule has 1 aromatic rings. The molecule has 1 rings (SSSR count). The summed E-state index contributed by atoms with van der Waals surface area (Å²) in [4.78, 5) is 0. The summed E-state index contributed by atoms with van der Waals surface area (Å²) in [5.74, 6) is 0. The maximum atomic E-state index is 12.3. The van der Waals surface area contributed by atoms with Crippen LogP contribution in [0.1, 0.15) is 17.2 Å². The van der Waals surface area contributed by atoms with Crippen LogP contribution in [-0.4, -0.2) is 11.8 Å². The highest BCUT2D eigenvalue weighted by molar-refractivity contribution is 9.10. The third kappa shape index (κ3) is 2.92. The van der Waals surface area contributed by atoms with Crippen molar-refractivity contribution < 1.29 is 22.7 Å². The van der Waals surface area contributed by atoms with Gasteiger partial charge in [-0.3, -0.25) is 0 Å². The Labute approximate surface area is 91.9 Å². The normalized spacial score (nSPS) is 14.0. The molecule has 1 unspecified atom stereocenters. The molecule has 0 saturated heterocycles. The smallest absolute Gasteiger partial charge is 0.386 e. The number of alkyl halides is 4. The molecule has 0 aliphatic rings. The minimum atomic E-state index is -4.49. The molecule has 84 valence electrons. The lowest BCUT2D eigenvalue weighted by atomic mass is 10.1. The summed E-state index contributed by atoms with van der Waals surface area (Å²) in [5.41, 5.74) is -1.01. The molecule has 0 saturated carbocycles. The Bertz CT molecular complexity index is 350. The van der Waals surface area contributed by atoms with Gasteiger partial charge in [0.05, 0.1) is 5.56 Å². The van der Waals surface area contributed by atoms with Gasteiger partial charge in [0, 0.05) is 4.47 Å². The average Bonchev–Trinajstić information content (AvgIpc) is 2.15. The summed E-state index contributed by atoms with van der Waals surface area (Å²) in [6.45, 7) is -1.13. The predicted molar refractivity (Wildman–Crippen MR) is 50.1 cm³/mol. The maximum absolute atomic E-state index is 12.3. The van der Waals surface area contributed by atoms with Gasteiger partial charge >= 0.3 is 6.18 Å². The van der Waals surface area contributed by atoms with Gasteiger partial charge < -0.3 is 5.11 Å². The molecule has 0 spiro atoms. The van der Waals surface area contributed by atoms with Crippen molar-refractivity contribution in [1.29, 1.82) is 0 Å². The van der Waals surface area contributed by atoms with E-state index in [9.17, 15) is 17.6 Å². The maximum Gasteiger partial charge on any atom is 0.416 e. The Morgan fingerprint density at radius 3 is 2.40 bits per heavy atom. The molecule has 1 aromatic carbocycles. The lowest BCUT2D eigenvalue weighted by molar-refractivity contribution is -0.137. The fraction of sp³-hybridized carbons (Fsp3) is 0.333. The van der Waals surface area contributed by atoms with E-state index in [0.717, 1.165) is 18.2 Å². The number of halogens is 5. The van der Waals surface area contributed by atoms with Gasteiger partial charge in [0.25, 0.3) is 0 Å². The quantitative estimate of drug-likeness (QED) is 0.826. The van der Waals surface area contributed by atoms with Crippen LogP contribution in [0.4, 0.5) is 17.6 Å². The van der Waals surface area contributed by atoms with Crippen LogP contribution in [-0.2, 0) is 6.18 Å². The lowest BCUT2D eigenvalue weighted by Gasteiger charge is -2.13. The highest BCUT2D eigenvalue weighted by Gasteiger charge is 2.31. The SMILES string of the molecule is OC(CF)c1cc(C(F)(F)F)ccc1Br. The molecule has 0 heterocycles. The van der Waals surface area contributed by atoms with Crippen LogP contribution in [0, 0.1) is 0 Å². The van der Waals surface area contributed by atoms with Gasteiger partial charge in [-0.25, -0.2) is 4.39 Å². The van der Waals surface area contributed by atoms with Crippen LogP contribution in [0.5, 0.6) is 0 Å². The van der Waals surface area contributed by atoms with E-state index in [4.69, 9.17) is 5.11 Å². The molecule has 15 heavy (non-hydrogen) atoms. The van der Waals surface area contributed by atoms with E-state index in [2.05, 4.69) is 15.9 Å². The first kappa shape index (κ1) is 12.4. The molecule has 6 heteroatoms. The molecule has 0 aliphatic heterocycles. The van der Waals surface area contributed by atoms with Crippen molar-refractivity contribution in [3.05, 3.63) is 33.8 Å². The molecule has 0 fully saturated rings. The first-order valence-electron chi connectivity index (χ1n) is 3.97. The predicted octanol–water partition coefficient (Wildman–Crippen LogP) is 3.47. The molecule has 0 radical (unpaired) electrons. The van der Waals surface area contributed by atoms with Gasteiger partial charge in [-0.05, 0) is 23.8 Å². The Balaban J connectivity index is 3.17. The van der Waals surface area contributed by atoms with Gasteiger partial charge in [0.15, 0.2) is 0 Å². The summed E-state index contributed by atoms with van der Waals surface area (Å²) in [6, 6.07) is 2.73. The molecule has 0 aliphatic carbocycles. The summed E-state index contributed by atoms with van der Waals surface area (Å²) in [7, 11) is 0. The Kier molecular flexibility index (Phi) is 3.72. The largest absolute Gasteiger partial charge is 0.416 e. The average molecular weight is 287 g/mol. The number of aliphatic hydroxyl groups is 1. The van der Waals surface area contributed by atoms with E-state index in [-0.39, 0.29) is 10.0 Å². The van der Waals surface area contributed by atoms with E-state index < -0.39 is 24.5 Å². The summed E-state index contributed by atoms with van der Waals surface area (Å²) in [6.07, 6.45) is -6.03. The first-order valence-corrected chi connectivity index (χ1v) is 4.76. The lowest BCUT2D eigenvalue weighted by Crippen LogP contribution is -2.08. The van der Waals surface area contributed by atoms with E-state index in [1.807, 2.05) is 0 Å². The molecular formula is C9H7BrF4O. The minimum absolute atomic E-state index is 0.104. The minimum Gasteiger partial charge on any atom is -0.386 e. The molecule has 1 N–H and O–H groups in total. The van der Waals surface area contributed by atoms with Gasteiger partial charge in [0.1, 0.15) is 12.8 Å². The van der Waals surface area contributed by atoms with Crippen molar-refractivity contribution in [2.24, 2.45) is 0 Å². The van der Waals surface area contributed by atoms with Crippen molar-refractivity contribution in [3.63, 3.8) is 0 Å². The van der Waals surface area contributed by atoms with E-state index in [1.54, 1.807) is 0 Å². The summed E-state index contributed by atoms with van der Waals surface area (Å²) >= 11 is 2.94. The van der Waals surface area contributed by atoms with Crippen molar-refractivity contribution >= 4 is 15.9 Å². The standard InChI is InChI=1S/C9H7BrF4O/c10-7-2-1-5(9(12,13)14)3-6(7)8(15)4-11/h1-3,8,15H,4H2. The number of aliphatic hydroxyl groups excluding tert-OH is 1. The Morgan fingerprint density at radius 1 is 1.33 bits per heavy atom. The van der Waals surface area contributed by atoms with Crippen molar-refractivity contribution in [3.8, 4) is 0 Å². The van der Waals surface area contributed by atoms with Gasteiger partial charge in [-0.2, -0.15) is 13.2 Å². The van der Waals surface area contributed by atoms with Crippen molar-refractivity contribution in [2.45, 2.75) is 12.3 Å². The number of rotatable bonds is 2. The molecular weight excluding hydrogens is 280 g/mol. The summed E-state index contributed by atoms with van der Waals surface area (Å²) in [5, 5.41) is 9.13. The van der Waals surface area contributed by atoms with Crippen molar-refractivity contribution in [2.75, 3.05) is 6.67 Å². The van der Waals surface area contributed by atoms with Gasteiger partial charge in [-0.15, -0.1) is 0 Å². The first-order chi connectivity index (χ1) is 6.86. The fourth-order valence-corrected chi connectivity index (χ4v) is 1.57. The van der Waals surface area contributed by atoms with Crippen LogP contribution in [0.3, 0.4) is 0 Å². The second kappa shape index (κ2) is 4.49. The van der Waals surface area contributed by atoms with Crippen LogP contribution >= 0.6 is 15.9 Å². The number of hydrogen-bond acceptors (Lipinski definition) is 1. The molecule has 1 nitrogen and oxygen atoms in total. The summed E-state index contributed by atoms with van der Waals surface area (Å²) < 4.78 is 49.2. The second-order valence-electron chi connectivity index (χ2n) is 2.90. The van der Waals surface area contributed by atoms with E-state index >= 15 is 0 Å². The second-order valence-corrected chi connectivity index (χ2v) is 3.76. The third-order valence-electron chi connectivity index (χ3n) is 1.83. The molecule has 1 atom stereocenters. The van der Waals surface area contributed by atoms with Gasteiger partial charge in [-0.1, -0.05) is 15.9 Å². The van der Waals surface area contributed by atoms with Crippen LogP contribution < -0.4 is 0 Å². The molecule has 0 amide bonds. The fourth-order valence-electron chi connectivity index (χ4n) is 1.06. The number of hydrogen-bond donors (Lipinski definition) is 1. The molecule has 0 bridgehead atoms. The highest BCUT2D eigenvalue weighted by atomic mass is 79.9. The zero-order valence-corrected chi connectivity index (χ0v) is 8.94. The molecule has 0 aromatic heterocycles. The van der Waals surface area contributed by atoms with Crippen LogP contribution in [0.2, 0.25) is 0 Å².